The monoisotopic (exact) mass is 699 g/mol. The Labute approximate surface area is 270 Å². The van der Waals surface area contributed by atoms with Gasteiger partial charge in [-0.2, -0.15) is 4.31 Å². The van der Waals surface area contributed by atoms with E-state index in [9.17, 15) is 26.4 Å². The molecule has 0 aliphatic carbocycles. The van der Waals surface area contributed by atoms with Crippen molar-refractivity contribution in [2.75, 3.05) is 60.0 Å². The molecule has 0 radical (unpaired) electrons. The number of carbonyl (C=O) groups excluding carboxylic acids is 2. The van der Waals surface area contributed by atoms with Gasteiger partial charge in [0.1, 0.15) is 10.4 Å². The van der Waals surface area contributed by atoms with Crippen LogP contribution in [0, 0.1) is 0 Å². The van der Waals surface area contributed by atoms with Crippen molar-refractivity contribution in [1.29, 1.82) is 0 Å². The van der Waals surface area contributed by atoms with Gasteiger partial charge in [0.2, 0.25) is 15.9 Å². The maximum absolute atomic E-state index is 13.9. The van der Waals surface area contributed by atoms with Crippen molar-refractivity contribution < 1.29 is 31.2 Å². The van der Waals surface area contributed by atoms with Gasteiger partial charge in [0.05, 0.1) is 24.9 Å². The van der Waals surface area contributed by atoms with Crippen LogP contribution in [0.1, 0.15) is 26.8 Å². The van der Waals surface area contributed by atoms with E-state index in [-0.39, 0.29) is 55.0 Å². The third-order valence-corrected chi connectivity index (χ3v) is 13.5. The number of hydrogen-bond acceptors (Lipinski definition) is 10. The third-order valence-electron chi connectivity index (χ3n) is 8.36. The molecule has 2 fully saturated rings. The second-order valence-corrected chi connectivity index (χ2v) is 17.1. The van der Waals surface area contributed by atoms with E-state index in [4.69, 9.17) is 16.3 Å². The second-order valence-electron chi connectivity index (χ2n) is 11.4. The van der Waals surface area contributed by atoms with Crippen molar-refractivity contribution in [2.24, 2.45) is 0 Å². The number of fused-ring (bicyclic) bond motifs is 2. The number of amides is 2. The van der Waals surface area contributed by atoms with E-state index in [1.54, 1.807) is 23.1 Å². The van der Waals surface area contributed by atoms with Crippen molar-refractivity contribution in [3.05, 3.63) is 44.9 Å². The van der Waals surface area contributed by atoms with Crippen LogP contribution in [0.15, 0.2) is 29.3 Å². The number of aromatic amines is 1. The Balaban J connectivity index is 1.25. The van der Waals surface area contributed by atoms with Crippen LogP contribution in [0.2, 0.25) is 5.02 Å². The molecule has 244 valence electrons. The molecule has 3 aromatic rings. The zero-order chi connectivity index (χ0) is 32.1. The van der Waals surface area contributed by atoms with Crippen LogP contribution in [0.5, 0.6) is 0 Å². The fraction of sp³-hybridized carbons (Fsp3) is 0.519. The van der Waals surface area contributed by atoms with Crippen LogP contribution >= 0.6 is 22.9 Å². The Morgan fingerprint density at radius 2 is 1.87 bits per heavy atom. The van der Waals surface area contributed by atoms with Crippen molar-refractivity contribution in [1.82, 2.24) is 33.7 Å². The molecule has 3 aliphatic rings. The lowest BCUT2D eigenvalue weighted by atomic mass is 10.1. The number of rotatable bonds is 7. The standard InChI is InChI=1S/C27H34ClN7O7S3/c1-32(2)44(38,39)23-14-21-22(15-29-23)43-26(31-21)27(37)35-6-5-34(16-19(35)13-25(36)33-7-9-42-10-8-33)45(40,41)24-12-17-11-18(28)3-4-20(17)30-24/h3-4,11-12,19,23,29-30H,5-10,13-16H2,1-2H3. The lowest BCUT2D eigenvalue weighted by molar-refractivity contribution is -0.136. The molecule has 0 bridgehead atoms. The fourth-order valence-corrected chi connectivity index (χ4v) is 9.63. The van der Waals surface area contributed by atoms with Gasteiger partial charge in [-0.1, -0.05) is 11.6 Å². The van der Waals surface area contributed by atoms with Gasteiger partial charge < -0.3 is 19.5 Å². The summed E-state index contributed by atoms with van der Waals surface area (Å²) in [5, 5.41) is 3.47. The molecule has 5 heterocycles. The Bertz CT molecular complexity index is 1840. The number of H-pyrrole nitrogens is 1. The number of nitrogens with one attached hydrogen (secondary N) is 2. The normalized spacial score (nSPS) is 21.8. The lowest BCUT2D eigenvalue weighted by Gasteiger charge is -2.41. The molecule has 2 unspecified atom stereocenters. The predicted molar refractivity (Wildman–Crippen MR) is 168 cm³/mol. The summed E-state index contributed by atoms with van der Waals surface area (Å²) in [7, 11) is -4.66. The van der Waals surface area contributed by atoms with Crippen molar-refractivity contribution in [3.63, 3.8) is 0 Å². The number of nitrogens with zero attached hydrogens (tertiary/aromatic N) is 5. The summed E-state index contributed by atoms with van der Waals surface area (Å²) < 4.78 is 60.8. The molecule has 2 amide bonds. The van der Waals surface area contributed by atoms with Gasteiger partial charge in [0.15, 0.2) is 5.01 Å². The number of thiazole rings is 1. The number of benzene rings is 1. The number of ether oxygens (including phenoxy) is 1. The molecule has 2 N–H and O–H groups in total. The molecule has 2 saturated heterocycles. The average molecular weight is 700 g/mol. The van der Waals surface area contributed by atoms with Gasteiger partial charge in [-0.3, -0.25) is 14.9 Å². The number of piperazine rings is 1. The Kier molecular flexibility index (Phi) is 8.99. The number of aromatic nitrogens is 2. The SMILES string of the molecule is CN(C)S(=O)(=O)C1Cc2nc(C(=O)N3CCN(S(=O)(=O)c4cc5cc(Cl)ccc5[nH]4)CC3CC(=O)N3CCOCC3)sc2CN1. The molecule has 18 heteroatoms. The Morgan fingerprint density at radius 3 is 2.60 bits per heavy atom. The van der Waals surface area contributed by atoms with Crippen molar-refractivity contribution in [2.45, 2.75) is 35.8 Å². The topological polar surface area (TPSA) is 165 Å². The Morgan fingerprint density at radius 1 is 1.11 bits per heavy atom. The first kappa shape index (κ1) is 32.3. The lowest BCUT2D eigenvalue weighted by Crippen LogP contribution is -2.58. The maximum atomic E-state index is 13.9. The zero-order valence-corrected chi connectivity index (χ0v) is 27.9. The van der Waals surface area contributed by atoms with Crippen molar-refractivity contribution in [3.8, 4) is 0 Å². The number of hydrogen-bond donors (Lipinski definition) is 2. The highest BCUT2D eigenvalue weighted by Gasteiger charge is 2.41. The summed E-state index contributed by atoms with van der Waals surface area (Å²) in [4.78, 5) is 38.8. The van der Waals surface area contributed by atoms with Gasteiger partial charge >= 0.3 is 0 Å². The maximum Gasteiger partial charge on any atom is 0.283 e. The highest BCUT2D eigenvalue weighted by atomic mass is 35.5. The fourth-order valence-electron chi connectivity index (χ4n) is 5.80. The average Bonchev–Trinajstić information content (AvgIpc) is 3.65. The predicted octanol–water partition coefficient (Wildman–Crippen LogP) is 0.905. The number of morpholine rings is 1. The summed E-state index contributed by atoms with van der Waals surface area (Å²) >= 11 is 7.28. The minimum absolute atomic E-state index is 0.000119. The smallest absolute Gasteiger partial charge is 0.283 e. The van der Waals surface area contributed by atoms with Crippen molar-refractivity contribution >= 4 is 65.7 Å². The quantitative estimate of drug-likeness (QED) is 0.365. The highest BCUT2D eigenvalue weighted by Crippen LogP contribution is 2.30. The molecule has 2 atom stereocenters. The second kappa shape index (κ2) is 12.5. The summed E-state index contributed by atoms with van der Waals surface area (Å²) in [6.45, 7) is 1.88. The van der Waals surface area contributed by atoms with E-state index in [2.05, 4.69) is 15.3 Å². The summed E-state index contributed by atoms with van der Waals surface area (Å²) in [5.74, 6) is -0.613. The van der Waals surface area contributed by atoms with Gasteiger partial charge in [-0.15, -0.1) is 11.3 Å². The number of halogens is 1. The van der Waals surface area contributed by atoms with E-state index in [1.165, 1.54) is 40.7 Å². The van der Waals surface area contributed by atoms with Gasteiger partial charge in [0.25, 0.3) is 15.9 Å². The van der Waals surface area contributed by atoms with E-state index in [1.807, 2.05) is 0 Å². The van der Waals surface area contributed by atoms with E-state index < -0.39 is 37.4 Å². The first-order valence-electron chi connectivity index (χ1n) is 14.4. The van der Waals surface area contributed by atoms with Crippen LogP contribution in [-0.4, -0.2) is 128 Å². The summed E-state index contributed by atoms with van der Waals surface area (Å²) in [5.41, 5.74) is 1.16. The first-order chi connectivity index (χ1) is 21.3. The molecule has 6 rings (SSSR count). The molecule has 2 aromatic heterocycles. The van der Waals surface area contributed by atoms with Gasteiger partial charge in [-0.05, 0) is 24.3 Å². The molecular formula is C27H34ClN7O7S3. The molecule has 0 saturated carbocycles. The zero-order valence-electron chi connectivity index (χ0n) is 24.7. The highest BCUT2D eigenvalue weighted by molar-refractivity contribution is 7.89. The van der Waals surface area contributed by atoms with E-state index in [0.717, 1.165) is 9.18 Å². The van der Waals surface area contributed by atoms with E-state index in [0.29, 0.717) is 47.9 Å². The minimum atomic E-state index is -4.00. The summed E-state index contributed by atoms with van der Waals surface area (Å²) in [6, 6.07) is 5.82. The van der Waals surface area contributed by atoms with Crippen LogP contribution in [0.3, 0.4) is 0 Å². The molecule has 1 aromatic carbocycles. The minimum Gasteiger partial charge on any atom is -0.378 e. The van der Waals surface area contributed by atoms with Gasteiger partial charge in [-0.25, -0.2) is 26.1 Å². The first-order valence-corrected chi connectivity index (χ1v) is 18.6. The van der Waals surface area contributed by atoms with Crippen LogP contribution in [-0.2, 0) is 42.5 Å². The molecule has 14 nitrogen and oxygen atoms in total. The number of carbonyl (C=O) groups is 2. The van der Waals surface area contributed by atoms with Crippen LogP contribution < -0.4 is 5.32 Å². The number of sulfonamides is 2. The Hall–Kier alpha value is -2.64. The third kappa shape index (κ3) is 6.36. The largest absolute Gasteiger partial charge is 0.378 e. The van der Waals surface area contributed by atoms with Crippen LogP contribution in [0.4, 0.5) is 0 Å². The molecule has 3 aliphatic heterocycles. The molecule has 0 spiro atoms. The van der Waals surface area contributed by atoms with Gasteiger partial charge in [0, 0.05) is 87.0 Å². The van der Waals surface area contributed by atoms with Crippen LogP contribution in [0.25, 0.3) is 10.9 Å². The molecule has 45 heavy (non-hydrogen) atoms. The summed E-state index contributed by atoms with van der Waals surface area (Å²) in [6.07, 6.45) is 0.0379. The molecular weight excluding hydrogens is 666 g/mol. The van der Waals surface area contributed by atoms with E-state index >= 15 is 0 Å².